The van der Waals surface area contributed by atoms with Gasteiger partial charge in [0.15, 0.2) is 0 Å². The van der Waals surface area contributed by atoms with Crippen LogP contribution >= 0.6 is 11.6 Å². The highest BCUT2D eigenvalue weighted by molar-refractivity contribution is 6.32. The van der Waals surface area contributed by atoms with Gasteiger partial charge in [0.25, 0.3) is 5.69 Å². The molecule has 1 aromatic carbocycles. The summed E-state index contributed by atoms with van der Waals surface area (Å²) >= 11 is 5.90. The third-order valence-corrected chi connectivity index (χ3v) is 5.22. The number of rotatable bonds is 3. The van der Waals surface area contributed by atoms with Gasteiger partial charge in [-0.1, -0.05) is 30.9 Å². The molecule has 21 heavy (non-hydrogen) atoms. The Morgan fingerprint density at radius 1 is 1.33 bits per heavy atom. The molecule has 3 rings (SSSR count). The third-order valence-electron chi connectivity index (χ3n) is 4.92. The van der Waals surface area contributed by atoms with Gasteiger partial charge in [-0.2, -0.15) is 0 Å². The molecule has 0 amide bonds. The number of nitro benzene ring substituents is 1. The summed E-state index contributed by atoms with van der Waals surface area (Å²) in [6.07, 6.45) is 5.73. The maximum Gasteiger partial charge on any atom is 0.288 e. The van der Waals surface area contributed by atoms with Gasteiger partial charge in [-0.25, -0.2) is 0 Å². The molecule has 2 aliphatic rings. The lowest BCUT2D eigenvalue weighted by molar-refractivity contribution is -0.384. The quantitative estimate of drug-likeness (QED) is 0.682. The molecule has 2 fully saturated rings. The van der Waals surface area contributed by atoms with E-state index in [1.807, 2.05) is 0 Å². The lowest BCUT2D eigenvalue weighted by atomic mass is 9.56. The standard InChI is InChI=1S/C15H18ClNO4/c16-11-8-10(4-5-12(11)17(19)20)21-14-9-13(18)15(14)6-2-1-3-7-15/h4-5,8,13-14,18H,1-3,6-7,9H2. The van der Waals surface area contributed by atoms with Crippen molar-refractivity contribution >= 4 is 17.3 Å². The largest absolute Gasteiger partial charge is 0.490 e. The molecule has 0 saturated heterocycles. The summed E-state index contributed by atoms with van der Waals surface area (Å²) < 4.78 is 5.96. The maximum absolute atomic E-state index is 10.8. The zero-order valence-corrected chi connectivity index (χ0v) is 12.4. The molecule has 1 N–H and O–H groups in total. The first kappa shape index (κ1) is 14.6. The second-order valence-corrected chi connectivity index (χ2v) is 6.43. The molecule has 0 radical (unpaired) electrons. The molecule has 1 aromatic rings. The van der Waals surface area contributed by atoms with Crippen molar-refractivity contribution in [1.29, 1.82) is 0 Å². The van der Waals surface area contributed by atoms with E-state index in [1.54, 1.807) is 6.07 Å². The van der Waals surface area contributed by atoms with Crippen molar-refractivity contribution in [1.82, 2.24) is 0 Å². The molecule has 0 aromatic heterocycles. The SMILES string of the molecule is O=[N+]([O-])c1ccc(OC2CC(O)C23CCCCC3)cc1Cl. The van der Waals surface area contributed by atoms with E-state index >= 15 is 0 Å². The van der Waals surface area contributed by atoms with Gasteiger partial charge in [0.2, 0.25) is 0 Å². The van der Waals surface area contributed by atoms with E-state index in [0.717, 1.165) is 25.7 Å². The number of ether oxygens (including phenoxy) is 1. The van der Waals surface area contributed by atoms with E-state index in [1.165, 1.54) is 18.6 Å². The molecule has 0 bridgehead atoms. The number of aliphatic hydroxyl groups excluding tert-OH is 1. The van der Waals surface area contributed by atoms with Crippen LogP contribution in [0.1, 0.15) is 38.5 Å². The van der Waals surface area contributed by atoms with E-state index in [0.29, 0.717) is 12.2 Å². The molecule has 5 nitrogen and oxygen atoms in total. The Labute approximate surface area is 128 Å². The van der Waals surface area contributed by atoms with Crippen LogP contribution < -0.4 is 4.74 Å². The van der Waals surface area contributed by atoms with Gasteiger partial charge in [0.05, 0.1) is 11.0 Å². The zero-order valence-electron chi connectivity index (χ0n) is 11.6. The van der Waals surface area contributed by atoms with Gasteiger partial charge in [-0.15, -0.1) is 0 Å². The summed E-state index contributed by atoms with van der Waals surface area (Å²) in [5.41, 5.74) is -0.253. The predicted octanol–water partition coefficient (Wildman–Crippen LogP) is 3.71. The van der Waals surface area contributed by atoms with Crippen LogP contribution in [0, 0.1) is 15.5 Å². The summed E-state index contributed by atoms with van der Waals surface area (Å²) in [6.45, 7) is 0. The minimum Gasteiger partial charge on any atom is -0.490 e. The van der Waals surface area contributed by atoms with Crippen molar-refractivity contribution in [2.45, 2.75) is 50.7 Å². The Morgan fingerprint density at radius 3 is 2.62 bits per heavy atom. The summed E-state index contributed by atoms with van der Waals surface area (Å²) in [6, 6.07) is 4.42. The Morgan fingerprint density at radius 2 is 2.05 bits per heavy atom. The van der Waals surface area contributed by atoms with E-state index in [9.17, 15) is 15.2 Å². The van der Waals surface area contributed by atoms with Crippen LogP contribution in [0.4, 0.5) is 5.69 Å². The molecule has 0 aliphatic heterocycles. The van der Waals surface area contributed by atoms with Crippen molar-refractivity contribution in [3.8, 4) is 5.75 Å². The number of hydrogen-bond donors (Lipinski definition) is 1. The smallest absolute Gasteiger partial charge is 0.288 e. The normalized spacial score (nSPS) is 27.1. The van der Waals surface area contributed by atoms with E-state index in [2.05, 4.69) is 0 Å². The Kier molecular flexibility index (Phi) is 3.80. The van der Waals surface area contributed by atoms with Crippen LogP contribution in [0.2, 0.25) is 5.02 Å². The van der Waals surface area contributed by atoms with Crippen molar-refractivity contribution in [2.24, 2.45) is 5.41 Å². The number of halogens is 1. The van der Waals surface area contributed by atoms with Crippen LogP contribution in [-0.2, 0) is 0 Å². The minimum absolute atomic E-state index is 0.0228. The van der Waals surface area contributed by atoms with Crippen LogP contribution in [-0.4, -0.2) is 22.2 Å². The summed E-state index contributed by atoms with van der Waals surface area (Å²) in [7, 11) is 0. The zero-order chi connectivity index (χ0) is 15.0. The van der Waals surface area contributed by atoms with E-state index in [4.69, 9.17) is 16.3 Å². The first-order valence-electron chi connectivity index (χ1n) is 7.31. The first-order chi connectivity index (χ1) is 10.0. The topological polar surface area (TPSA) is 72.6 Å². The molecule has 1 spiro atoms. The fourth-order valence-corrected chi connectivity index (χ4v) is 3.87. The highest BCUT2D eigenvalue weighted by Gasteiger charge is 2.56. The van der Waals surface area contributed by atoms with Crippen molar-refractivity contribution in [2.75, 3.05) is 0 Å². The fourth-order valence-electron chi connectivity index (χ4n) is 3.63. The molecule has 2 saturated carbocycles. The Bertz CT molecular complexity index is 557. The van der Waals surface area contributed by atoms with E-state index < -0.39 is 4.92 Å². The van der Waals surface area contributed by atoms with Crippen LogP contribution in [0.5, 0.6) is 5.75 Å². The maximum atomic E-state index is 10.8. The van der Waals surface area contributed by atoms with Crippen LogP contribution in [0.3, 0.4) is 0 Å². The summed E-state index contributed by atoms with van der Waals surface area (Å²) in [4.78, 5) is 10.2. The average Bonchev–Trinajstić information content (AvgIpc) is 2.47. The highest BCUT2D eigenvalue weighted by atomic mass is 35.5. The number of aliphatic hydroxyl groups is 1. The number of benzene rings is 1. The molecule has 0 heterocycles. The number of nitrogens with zero attached hydrogens (tertiary/aromatic N) is 1. The van der Waals surface area contributed by atoms with Crippen molar-refractivity contribution in [3.63, 3.8) is 0 Å². The monoisotopic (exact) mass is 311 g/mol. The van der Waals surface area contributed by atoms with Crippen LogP contribution in [0.15, 0.2) is 18.2 Å². The van der Waals surface area contributed by atoms with Gasteiger partial charge in [-0.3, -0.25) is 10.1 Å². The van der Waals surface area contributed by atoms with Gasteiger partial charge in [0.1, 0.15) is 16.9 Å². The average molecular weight is 312 g/mol. The molecule has 2 atom stereocenters. The van der Waals surface area contributed by atoms with Gasteiger partial charge in [0, 0.05) is 24.0 Å². The highest BCUT2D eigenvalue weighted by Crippen LogP contribution is 2.53. The summed E-state index contributed by atoms with van der Waals surface area (Å²) in [5, 5.41) is 21.0. The van der Waals surface area contributed by atoms with Crippen molar-refractivity contribution in [3.05, 3.63) is 33.3 Å². The molecule has 2 unspecified atom stereocenters. The lowest BCUT2D eigenvalue weighted by Crippen LogP contribution is -2.60. The second-order valence-electron chi connectivity index (χ2n) is 6.02. The number of nitro groups is 1. The predicted molar refractivity (Wildman–Crippen MR) is 78.7 cm³/mol. The van der Waals surface area contributed by atoms with Gasteiger partial charge >= 0.3 is 0 Å². The summed E-state index contributed by atoms with van der Waals surface area (Å²) in [5.74, 6) is 0.535. The van der Waals surface area contributed by atoms with Gasteiger partial charge < -0.3 is 9.84 Å². The fraction of sp³-hybridized carbons (Fsp3) is 0.600. The second kappa shape index (κ2) is 5.46. The molecule has 2 aliphatic carbocycles. The first-order valence-corrected chi connectivity index (χ1v) is 7.69. The van der Waals surface area contributed by atoms with E-state index in [-0.39, 0.29) is 28.3 Å². The lowest BCUT2D eigenvalue weighted by Gasteiger charge is -2.55. The molecule has 114 valence electrons. The van der Waals surface area contributed by atoms with Gasteiger partial charge in [-0.05, 0) is 18.9 Å². The van der Waals surface area contributed by atoms with Crippen LogP contribution in [0.25, 0.3) is 0 Å². The Hall–Kier alpha value is -1.33. The third kappa shape index (κ3) is 2.49. The molecule has 6 heteroatoms. The Balaban J connectivity index is 1.75. The number of hydrogen-bond acceptors (Lipinski definition) is 4. The molecular weight excluding hydrogens is 294 g/mol. The van der Waals surface area contributed by atoms with Crippen molar-refractivity contribution < 1.29 is 14.8 Å². The minimum atomic E-state index is -0.512. The molecular formula is C15H18ClNO4.